The molecule has 0 spiro atoms. The minimum atomic E-state index is -0.134. The molecule has 0 fully saturated rings. The fourth-order valence-electron chi connectivity index (χ4n) is 1.75. The van der Waals surface area contributed by atoms with E-state index >= 15 is 0 Å². The summed E-state index contributed by atoms with van der Waals surface area (Å²) < 4.78 is 0. The molecule has 2 rings (SSSR count). The average Bonchev–Trinajstić information content (AvgIpc) is 2.53. The first kappa shape index (κ1) is 16.0. The summed E-state index contributed by atoms with van der Waals surface area (Å²) in [6.45, 7) is 0. The molecule has 0 radical (unpaired) electrons. The lowest BCUT2D eigenvalue weighted by molar-refractivity contribution is -0.130. The van der Waals surface area contributed by atoms with E-state index in [0.717, 1.165) is 5.56 Å². The number of rotatable bonds is 5. The van der Waals surface area contributed by atoms with Crippen molar-refractivity contribution < 1.29 is 9.90 Å². The average molecular weight is 318 g/mol. The molecule has 0 unspecified atom stereocenters. The lowest BCUT2D eigenvalue weighted by Gasteiger charge is -2.09. The molecular formula is C16H16ClN3O2. The SMILES string of the molecule is CN(N=Nc1ccc(Cl)cc1)C(=O)CCc1ccc(O)cc1. The maximum absolute atomic E-state index is 12.0. The zero-order chi connectivity index (χ0) is 15.9. The van der Waals surface area contributed by atoms with Crippen LogP contribution in [-0.4, -0.2) is 23.1 Å². The van der Waals surface area contributed by atoms with Gasteiger partial charge in [-0.3, -0.25) is 4.79 Å². The molecule has 114 valence electrons. The van der Waals surface area contributed by atoms with Crippen LogP contribution in [0.5, 0.6) is 5.75 Å². The fourth-order valence-corrected chi connectivity index (χ4v) is 1.88. The highest BCUT2D eigenvalue weighted by Crippen LogP contribution is 2.17. The molecule has 0 bridgehead atoms. The number of hydrogen-bond donors (Lipinski definition) is 1. The predicted octanol–water partition coefficient (Wildman–Crippen LogP) is 4.14. The normalized spacial score (nSPS) is 10.8. The number of nitrogens with zero attached hydrogens (tertiary/aromatic N) is 3. The van der Waals surface area contributed by atoms with Crippen molar-refractivity contribution in [2.45, 2.75) is 12.8 Å². The van der Waals surface area contributed by atoms with E-state index in [9.17, 15) is 9.90 Å². The zero-order valence-corrected chi connectivity index (χ0v) is 12.9. The molecule has 2 aromatic carbocycles. The van der Waals surface area contributed by atoms with Gasteiger partial charge in [-0.25, -0.2) is 5.01 Å². The Labute approximate surface area is 133 Å². The molecule has 6 heteroatoms. The van der Waals surface area contributed by atoms with Crippen LogP contribution < -0.4 is 0 Å². The second-order valence-electron chi connectivity index (χ2n) is 4.75. The molecular weight excluding hydrogens is 302 g/mol. The summed E-state index contributed by atoms with van der Waals surface area (Å²) in [6, 6.07) is 13.6. The number of phenolic OH excluding ortho intramolecular Hbond substituents is 1. The van der Waals surface area contributed by atoms with Crippen molar-refractivity contribution in [2.24, 2.45) is 10.3 Å². The van der Waals surface area contributed by atoms with E-state index in [1.165, 1.54) is 5.01 Å². The predicted molar refractivity (Wildman–Crippen MR) is 85.2 cm³/mol. The van der Waals surface area contributed by atoms with E-state index in [4.69, 9.17) is 11.6 Å². The van der Waals surface area contributed by atoms with Gasteiger partial charge in [-0.05, 0) is 48.4 Å². The smallest absolute Gasteiger partial charge is 0.244 e. The molecule has 0 atom stereocenters. The van der Waals surface area contributed by atoms with Crippen LogP contribution in [0.4, 0.5) is 5.69 Å². The summed E-state index contributed by atoms with van der Waals surface area (Å²) in [6.07, 6.45) is 0.904. The van der Waals surface area contributed by atoms with Crippen LogP contribution in [0, 0.1) is 0 Å². The third kappa shape index (κ3) is 4.86. The largest absolute Gasteiger partial charge is 0.508 e. The van der Waals surface area contributed by atoms with Crippen molar-refractivity contribution in [1.82, 2.24) is 5.01 Å². The van der Waals surface area contributed by atoms with E-state index < -0.39 is 0 Å². The van der Waals surface area contributed by atoms with Crippen molar-refractivity contribution in [1.29, 1.82) is 0 Å². The summed E-state index contributed by atoms with van der Waals surface area (Å²) in [5.74, 6) is 0.0785. The van der Waals surface area contributed by atoms with E-state index in [2.05, 4.69) is 10.3 Å². The summed E-state index contributed by atoms with van der Waals surface area (Å²) in [7, 11) is 1.57. The summed E-state index contributed by atoms with van der Waals surface area (Å²) in [4.78, 5) is 12.0. The van der Waals surface area contributed by atoms with Gasteiger partial charge in [0.15, 0.2) is 0 Å². The van der Waals surface area contributed by atoms with Crippen LogP contribution >= 0.6 is 11.6 Å². The molecule has 0 aliphatic rings. The van der Waals surface area contributed by atoms with Crippen molar-refractivity contribution in [2.75, 3.05) is 7.05 Å². The quantitative estimate of drug-likeness (QED) is 0.665. The molecule has 0 aromatic heterocycles. The molecule has 0 saturated heterocycles. The molecule has 0 aliphatic carbocycles. The molecule has 2 aromatic rings. The van der Waals surface area contributed by atoms with Gasteiger partial charge in [0.25, 0.3) is 0 Å². The first-order valence-electron chi connectivity index (χ1n) is 6.76. The minimum Gasteiger partial charge on any atom is -0.508 e. The Morgan fingerprint density at radius 2 is 1.77 bits per heavy atom. The highest BCUT2D eigenvalue weighted by Gasteiger charge is 2.08. The number of phenols is 1. The third-order valence-electron chi connectivity index (χ3n) is 3.05. The van der Waals surface area contributed by atoms with Crippen LogP contribution in [0.1, 0.15) is 12.0 Å². The van der Waals surface area contributed by atoms with Gasteiger partial charge in [-0.2, -0.15) is 0 Å². The van der Waals surface area contributed by atoms with Crippen LogP contribution in [-0.2, 0) is 11.2 Å². The van der Waals surface area contributed by atoms with Crippen LogP contribution in [0.2, 0.25) is 5.02 Å². The third-order valence-corrected chi connectivity index (χ3v) is 3.30. The summed E-state index contributed by atoms with van der Waals surface area (Å²) in [5, 5.41) is 18.9. The van der Waals surface area contributed by atoms with Gasteiger partial charge in [0.2, 0.25) is 5.91 Å². The number of carbonyl (C=O) groups excluding carboxylic acids is 1. The van der Waals surface area contributed by atoms with Gasteiger partial charge in [0.05, 0.1) is 5.69 Å². The van der Waals surface area contributed by atoms with Crippen LogP contribution in [0.15, 0.2) is 58.9 Å². The molecule has 0 heterocycles. The first-order valence-corrected chi connectivity index (χ1v) is 7.14. The van der Waals surface area contributed by atoms with Crippen molar-refractivity contribution >= 4 is 23.2 Å². The zero-order valence-electron chi connectivity index (χ0n) is 12.1. The van der Waals surface area contributed by atoms with E-state index in [-0.39, 0.29) is 11.7 Å². The number of hydrogen-bond acceptors (Lipinski definition) is 4. The lowest BCUT2D eigenvalue weighted by atomic mass is 10.1. The van der Waals surface area contributed by atoms with Gasteiger partial charge < -0.3 is 5.11 Å². The Balaban J connectivity index is 1.86. The second kappa shape index (κ2) is 7.56. The Kier molecular flexibility index (Phi) is 5.49. The monoisotopic (exact) mass is 317 g/mol. The first-order chi connectivity index (χ1) is 10.5. The van der Waals surface area contributed by atoms with Crippen molar-refractivity contribution in [3.8, 4) is 5.75 Å². The highest BCUT2D eigenvalue weighted by molar-refractivity contribution is 6.30. The van der Waals surface area contributed by atoms with Crippen LogP contribution in [0.25, 0.3) is 0 Å². The number of halogens is 1. The number of amides is 1. The maximum atomic E-state index is 12.0. The lowest BCUT2D eigenvalue weighted by Crippen LogP contribution is -2.20. The van der Waals surface area contributed by atoms with Gasteiger partial charge in [0.1, 0.15) is 5.75 Å². The van der Waals surface area contributed by atoms with Crippen molar-refractivity contribution in [3.05, 3.63) is 59.1 Å². The van der Waals surface area contributed by atoms with E-state index in [0.29, 0.717) is 23.6 Å². The molecule has 1 amide bonds. The number of benzene rings is 2. The number of aromatic hydroxyl groups is 1. The maximum Gasteiger partial charge on any atom is 0.244 e. The Morgan fingerprint density at radius 1 is 1.14 bits per heavy atom. The molecule has 0 saturated carbocycles. The standard InChI is InChI=1S/C16H16ClN3O2/c1-20(19-18-14-7-5-13(17)6-8-14)16(22)11-4-12-2-9-15(21)10-3-12/h2-3,5-10,21H,4,11H2,1H3. The van der Waals surface area contributed by atoms with Gasteiger partial charge in [0, 0.05) is 18.5 Å². The fraction of sp³-hybridized carbons (Fsp3) is 0.188. The number of aryl methyl sites for hydroxylation is 1. The van der Waals surface area contributed by atoms with Gasteiger partial charge >= 0.3 is 0 Å². The topological polar surface area (TPSA) is 65.3 Å². The molecule has 5 nitrogen and oxygen atoms in total. The molecule has 1 N–H and O–H groups in total. The number of carbonyl (C=O) groups is 1. The Hall–Kier alpha value is -2.40. The summed E-state index contributed by atoms with van der Waals surface area (Å²) >= 11 is 5.78. The van der Waals surface area contributed by atoms with Crippen molar-refractivity contribution in [3.63, 3.8) is 0 Å². The van der Waals surface area contributed by atoms with Crippen LogP contribution in [0.3, 0.4) is 0 Å². The Morgan fingerprint density at radius 3 is 2.41 bits per heavy atom. The summed E-state index contributed by atoms with van der Waals surface area (Å²) in [5.41, 5.74) is 1.61. The minimum absolute atomic E-state index is 0.134. The van der Waals surface area contributed by atoms with Gasteiger partial charge in [-0.1, -0.05) is 29.0 Å². The van der Waals surface area contributed by atoms with Gasteiger partial charge in [-0.15, -0.1) is 5.11 Å². The Bertz CT molecular complexity index is 654. The van der Waals surface area contributed by atoms with E-state index in [1.807, 2.05) is 0 Å². The highest BCUT2D eigenvalue weighted by atomic mass is 35.5. The van der Waals surface area contributed by atoms with E-state index in [1.54, 1.807) is 55.6 Å². The molecule has 0 aliphatic heterocycles. The second-order valence-corrected chi connectivity index (χ2v) is 5.19. The molecule has 22 heavy (non-hydrogen) atoms.